The maximum Gasteiger partial charge on any atom is 0.216 e. The third kappa shape index (κ3) is 2.52. The first kappa shape index (κ1) is 12.7. The lowest BCUT2D eigenvalue weighted by Crippen LogP contribution is -2.60. The van der Waals surface area contributed by atoms with E-state index >= 15 is 0 Å². The number of ketones is 1. The van der Waals surface area contributed by atoms with E-state index in [1.54, 1.807) is 7.11 Å². The maximum absolute atomic E-state index is 12.4. The highest BCUT2D eigenvalue weighted by atomic mass is 16.5. The molecule has 3 fully saturated rings. The highest BCUT2D eigenvalue weighted by molar-refractivity contribution is 5.97. The molecule has 1 aromatic rings. The van der Waals surface area contributed by atoms with E-state index in [-0.39, 0.29) is 5.78 Å². The molecule has 0 atom stereocenters. The van der Waals surface area contributed by atoms with Gasteiger partial charge in [-0.05, 0) is 49.4 Å². The monoisotopic (exact) mass is 260 g/mol. The number of fused-ring (bicyclic) bond motifs is 3. The number of carbonyl (C=O) groups excluding carboxylic acids is 1. The van der Waals surface area contributed by atoms with E-state index in [4.69, 9.17) is 4.74 Å². The molecule has 0 aromatic heterocycles. The van der Waals surface area contributed by atoms with Crippen LogP contribution in [0.2, 0.25) is 0 Å². The van der Waals surface area contributed by atoms with E-state index in [0.29, 0.717) is 6.54 Å². The Morgan fingerprint density at radius 1 is 1.16 bits per heavy atom. The molecule has 3 heterocycles. The van der Waals surface area contributed by atoms with Gasteiger partial charge >= 0.3 is 0 Å². The van der Waals surface area contributed by atoms with Gasteiger partial charge in [0, 0.05) is 5.56 Å². The van der Waals surface area contributed by atoms with Gasteiger partial charge in [-0.2, -0.15) is 0 Å². The molecule has 3 saturated heterocycles. The Morgan fingerprint density at radius 2 is 1.74 bits per heavy atom. The molecule has 3 aliphatic heterocycles. The zero-order chi connectivity index (χ0) is 13.3. The summed E-state index contributed by atoms with van der Waals surface area (Å²) in [5, 5.41) is 0. The number of hydrogen-bond acceptors (Lipinski definition) is 2. The number of methoxy groups -OCH3 is 1. The second kappa shape index (κ2) is 4.97. The summed E-state index contributed by atoms with van der Waals surface area (Å²) in [7, 11) is 1.65. The van der Waals surface area contributed by atoms with Gasteiger partial charge in [0.2, 0.25) is 5.78 Å². The van der Waals surface area contributed by atoms with Crippen molar-refractivity contribution in [3.63, 3.8) is 0 Å². The minimum absolute atomic E-state index is 0.281. The summed E-state index contributed by atoms with van der Waals surface area (Å²) in [6, 6.07) is 7.51. The lowest BCUT2D eigenvalue weighted by Gasteiger charge is -2.48. The minimum atomic E-state index is 0.281. The SMILES string of the molecule is COc1ccc(C(=O)C[N+]23CCC(CC2)CC3)cc1. The van der Waals surface area contributed by atoms with Crippen LogP contribution in [0.1, 0.15) is 29.6 Å². The summed E-state index contributed by atoms with van der Waals surface area (Å²) in [6.07, 6.45) is 3.95. The van der Waals surface area contributed by atoms with Gasteiger partial charge in [-0.25, -0.2) is 0 Å². The number of ether oxygens (including phenoxy) is 1. The van der Waals surface area contributed by atoms with Crippen molar-refractivity contribution in [1.82, 2.24) is 0 Å². The first-order valence-electron chi connectivity index (χ1n) is 7.23. The fourth-order valence-corrected chi connectivity index (χ4v) is 3.55. The van der Waals surface area contributed by atoms with Crippen LogP contribution < -0.4 is 4.74 Å². The molecule has 1 aromatic carbocycles. The molecule has 3 aliphatic rings. The molecule has 0 aliphatic carbocycles. The Hall–Kier alpha value is -1.35. The van der Waals surface area contributed by atoms with E-state index in [2.05, 4.69) is 0 Å². The van der Waals surface area contributed by atoms with Crippen molar-refractivity contribution < 1.29 is 14.0 Å². The number of Topliss-reactive ketones (excluding diaryl/α,β-unsaturated/α-hetero) is 1. The molecule has 19 heavy (non-hydrogen) atoms. The summed E-state index contributed by atoms with van der Waals surface area (Å²) >= 11 is 0. The van der Waals surface area contributed by atoms with E-state index in [1.807, 2.05) is 24.3 Å². The summed E-state index contributed by atoms with van der Waals surface area (Å²) in [4.78, 5) is 12.4. The fourth-order valence-electron chi connectivity index (χ4n) is 3.55. The highest BCUT2D eigenvalue weighted by Crippen LogP contribution is 2.33. The van der Waals surface area contributed by atoms with Crippen LogP contribution in [0.3, 0.4) is 0 Å². The smallest absolute Gasteiger partial charge is 0.216 e. The van der Waals surface area contributed by atoms with Gasteiger partial charge in [0.25, 0.3) is 0 Å². The number of benzene rings is 1. The van der Waals surface area contributed by atoms with E-state index in [1.165, 1.54) is 38.9 Å². The Bertz CT molecular complexity index is 444. The van der Waals surface area contributed by atoms with Crippen molar-refractivity contribution in [3.8, 4) is 5.75 Å². The summed E-state index contributed by atoms with van der Waals surface area (Å²) < 4.78 is 6.16. The number of carbonyl (C=O) groups is 1. The number of quaternary nitrogens is 1. The van der Waals surface area contributed by atoms with Crippen LogP contribution in [0.25, 0.3) is 0 Å². The Morgan fingerprint density at radius 3 is 2.26 bits per heavy atom. The zero-order valence-corrected chi connectivity index (χ0v) is 11.6. The van der Waals surface area contributed by atoms with Crippen LogP contribution in [0, 0.1) is 5.92 Å². The Labute approximate surface area is 114 Å². The average molecular weight is 260 g/mol. The van der Waals surface area contributed by atoms with Gasteiger partial charge in [-0.15, -0.1) is 0 Å². The predicted molar refractivity (Wildman–Crippen MR) is 74.4 cm³/mol. The van der Waals surface area contributed by atoms with Gasteiger partial charge in [0.1, 0.15) is 12.3 Å². The standard InChI is InChI=1S/C16H22NO2/c1-19-15-4-2-14(3-5-15)16(18)12-17-9-6-13(7-10-17)8-11-17/h2-5,13H,6-12H2,1H3/q+1. The summed E-state index contributed by atoms with van der Waals surface area (Å²) in [5.41, 5.74) is 0.820. The van der Waals surface area contributed by atoms with E-state index < -0.39 is 0 Å². The molecular formula is C16H22NO2+. The third-order valence-electron chi connectivity index (χ3n) is 4.93. The van der Waals surface area contributed by atoms with Gasteiger partial charge < -0.3 is 9.22 Å². The zero-order valence-electron chi connectivity index (χ0n) is 11.6. The van der Waals surface area contributed by atoms with Crippen molar-refractivity contribution in [2.45, 2.75) is 19.3 Å². The summed E-state index contributed by atoms with van der Waals surface area (Å²) in [6.45, 7) is 4.28. The van der Waals surface area contributed by atoms with Crippen LogP contribution in [-0.2, 0) is 0 Å². The van der Waals surface area contributed by atoms with Crippen LogP contribution in [0.5, 0.6) is 5.75 Å². The van der Waals surface area contributed by atoms with Gasteiger partial charge in [-0.1, -0.05) is 0 Å². The number of hydrogen-bond donors (Lipinski definition) is 0. The van der Waals surface area contributed by atoms with Crippen molar-refractivity contribution in [3.05, 3.63) is 29.8 Å². The largest absolute Gasteiger partial charge is 0.497 e. The van der Waals surface area contributed by atoms with Crippen LogP contribution in [-0.4, -0.2) is 43.6 Å². The van der Waals surface area contributed by atoms with Crippen molar-refractivity contribution in [2.24, 2.45) is 5.92 Å². The molecular weight excluding hydrogens is 238 g/mol. The second-order valence-corrected chi connectivity index (χ2v) is 6.05. The number of rotatable bonds is 4. The molecule has 3 nitrogen and oxygen atoms in total. The lowest BCUT2D eigenvalue weighted by atomic mass is 9.85. The normalized spacial score (nSPS) is 29.2. The van der Waals surface area contributed by atoms with Crippen molar-refractivity contribution in [1.29, 1.82) is 0 Å². The molecule has 2 bridgehead atoms. The molecule has 4 rings (SSSR count). The van der Waals surface area contributed by atoms with Gasteiger partial charge in [-0.3, -0.25) is 4.79 Å². The molecule has 102 valence electrons. The molecule has 0 radical (unpaired) electrons. The van der Waals surface area contributed by atoms with Crippen LogP contribution in [0.4, 0.5) is 0 Å². The van der Waals surface area contributed by atoms with E-state index in [0.717, 1.165) is 21.7 Å². The van der Waals surface area contributed by atoms with Crippen LogP contribution in [0.15, 0.2) is 24.3 Å². The van der Waals surface area contributed by atoms with Crippen molar-refractivity contribution in [2.75, 3.05) is 33.3 Å². The average Bonchev–Trinajstić information content (AvgIpc) is 2.49. The maximum atomic E-state index is 12.4. The molecule has 0 amide bonds. The quantitative estimate of drug-likeness (QED) is 0.614. The molecule has 3 heteroatoms. The minimum Gasteiger partial charge on any atom is -0.497 e. The molecule has 0 N–H and O–H groups in total. The van der Waals surface area contributed by atoms with Gasteiger partial charge in [0.05, 0.1) is 26.7 Å². The molecule has 0 unspecified atom stereocenters. The highest BCUT2D eigenvalue weighted by Gasteiger charge is 2.40. The topological polar surface area (TPSA) is 26.3 Å². The van der Waals surface area contributed by atoms with Gasteiger partial charge in [0.15, 0.2) is 0 Å². The predicted octanol–water partition coefficient (Wildman–Crippen LogP) is 2.51. The first-order chi connectivity index (χ1) is 9.21. The Kier molecular flexibility index (Phi) is 3.31. The fraction of sp³-hybridized carbons (Fsp3) is 0.562. The number of piperidine rings is 3. The van der Waals surface area contributed by atoms with E-state index in [9.17, 15) is 4.79 Å². The molecule has 0 saturated carbocycles. The molecule has 0 spiro atoms. The van der Waals surface area contributed by atoms with Crippen molar-refractivity contribution >= 4 is 5.78 Å². The van der Waals surface area contributed by atoms with Crippen LogP contribution >= 0.6 is 0 Å². The Balaban J connectivity index is 1.70. The number of nitrogens with zero attached hydrogens (tertiary/aromatic N) is 1. The lowest BCUT2D eigenvalue weighted by molar-refractivity contribution is -0.935. The second-order valence-electron chi connectivity index (χ2n) is 6.05. The third-order valence-corrected chi connectivity index (χ3v) is 4.93. The summed E-state index contributed by atoms with van der Waals surface area (Å²) in [5.74, 6) is 2.03. The first-order valence-corrected chi connectivity index (χ1v) is 7.23.